The second-order valence-electron chi connectivity index (χ2n) is 2.65. The predicted molar refractivity (Wildman–Crippen MR) is 47.2 cm³/mol. The van der Waals surface area contributed by atoms with E-state index in [-0.39, 0.29) is 0 Å². The highest BCUT2D eigenvalue weighted by Gasteiger charge is 2.36. The molecule has 0 aliphatic rings. The quantitative estimate of drug-likeness (QED) is 0.604. The molecule has 7 heteroatoms. The Balaban J connectivity index is 3.41. The summed E-state index contributed by atoms with van der Waals surface area (Å²) in [5, 5.41) is 0. The fourth-order valence-electron chi connectivity index (χ4n) is 0.959. The van der Waals surface area contributed by atoms with Gasteiger partial charge in [0.15, 0.2) is 11.6 Å². The smallest absolute Gasteiger partial charge is 0.389 e. The highest BCUT2D eigenvalue weighted by Crippen LogP contribution is 2.32. The molecule has 0 fully saturated rings. The lowest BCUT2D eigenvalue weighted by molar-refractivity contribution is -0.140. The number of halogens is 5. The van der Waals surface area contributed by atoms with Gasteiger partial charge in [-0.1, -0.05) is 12.2 Å². The van der Waals surface area contributed by atoms with Gasteiger partial charge >= 0.3 is 6.18 Å². The van der Waals surface area contributed by atoms with Crippen molar-refractivity contribution in [3.8, 4) is 0 Å². The molecule has 0 aromatic heterocycles. The molecule has 0 amide bonds. The Morgan fingerprint density at radius 2 is 1.67 bits per heavy atom. The summed E-state index contributed by atoms with van der Waals surface area (Å²) in [4.78, 5) is -0.500. The molecule has 0 spiro atoms. The Bertz CT molecular complexity index is 412. The molecule has 2 N–H and O–H groups in total. The maximum absolute atomic E-state index is 13.0. The average molecular weight is 241 g/mol. The standard InChI is InChI=1S/C8H4F5NS/c9-5-3(7(14)15)1-2-4(6(5)10)8(11,12)13/h1-2H,(H2,14,15). The molecule has 82 valence electrons. The second-order valence-corrected chi connectivity index (χ2v) is 3.09. The minimum Gasteiger partial charge on any atom is -0.389 e. The van der Waals surface area contributed by atoms with Crippen LogP contribution in [-0.4, -0.2) is 4.99 Å². The molecule has 15 heavy (non-hydrogen) atoms. The van der Waals surface area contributed by atoms with Crippen LogP contribution in [0.3, 0.4) is 0 Å². The van der Waals surface area contributed by atoms with Crippen molar-refractivity contribution in [1.29, 1.82) is 0 Å². The highest BCUT2D eigenvalue weighted by atomic mass is 32.1. The summed E-state index contributed by atoms with van der Waals surface area (Å²) in [6, 6.07) is 1.09. The first kappa shape index (κ1) is 11.8. The van der Waals surface area contributed by atoms with Crippen LogP contribution in [0.25, 0.3) is 0 Å². The Labute approximate surface area is 86.7 Å². The first-order valence-corrected chi connectivity index (χ1v) is 4.01. The highest BCUT2D eigenvalue weighted by molar-refractivity contribution is 7.80. The normalized spacial score (nSPS) is 11.5. The van der Waals surface area contributed by atoms with E-state index in [1.54, 1.807) is 0 Å². The maximum atomic E-state index is 13.0. The molecule has 1 aromatic rings. The van der Waals surface area contributed by atoms with Crippen LogP contribution >= 0.6 is 12.2 Å². The van der Waals surface area contributed by atoms with Gasteiger partial charge in [-0.3, -0.25) is 0 Å². The van der Waals surface area contributed by atoms with Crippen LogP contribution < -0.4 is 5.73 Å². The van der Waals surface area contributed by atoms with Gasteiger partial charge in [0.05, 0.1) is 5.56 Å². The maximum Gasteiger partial charge on any atom is 0.419 e. The number of hydrogen-bond donors (Lipinski definition) is 1. The van der Waals surface area contributed by atoms with E-state index in [0.29, 0.717) is 12.1 Å². The molecule has 0 bridgehead atoms. The van der Waals surface area contributed by atoms with Crippen molar-refractivity contribution in [2.75, 3.05) is 0 Å². The van der Waals surface area contributed by atoms with Gasteiger partial charge in [0, 0.05) is 5.56 Å². The zero-order chi connectivity index (χ0) is 11.8. The van der Waals surface area contributed by atoms with Gasteiger partial charge < -0.3 is 5.73 Å². The number of nitrogens with two attached hydrogens (primary N) is 1. The van der Waals surface area contributed by atoms with E-state index in [1.807, 2.05) is 0 Å². The number of alkyl halides is 3. The summed E-state index contributed by atoms with van der Waals surface area (Å²) < 4.78 is 62.2. The lowest BCUT2D eigenvalue weighted by Crippen LogP contribution is -2.16. The third kappa shape index (κ3) is 2.23. The Kier molecular flexibility index (Phi) is 2.94. The van der Waals surface area contributed by atoms with Crippen LogP contribution in [0.2, 0.25) is 0 Å². The van der Waals surface area contributed by atoms with Gasteiger partial charge in [0.25, 0.3) is 0 Å². The number of benzene rings is 1. The Morgan fingerprint density at radius 3 is 2.07 bits per heavy atom. The van der Waals surface area contributed by atoms with Gasteiger partial charge in [-0.2, -0.15) is 13.2 Å². The summed E-state index contributed by atoms with van der Waals surface area (Å²) in [5.41, 5.74) is 2.76. The summed E-state index contributed by atoms with van der Waals surface area (Å²) in [5.74, 6) is -3.68. The molecule has 0 heterocycles. The molecule has 0 atom stereocenters. The van der Waals surface area contributed by atoms with E-state index in [0.717, 1.165) is 0 Å². The zero-order valence-corrected chi connectivity index (χ0v) is 7.85. The summed E-state index contributed by atoms with van der Waals surface area (Å²) in [6.45, 7) is 0. The first-order valence-electron chi connectivity index (χ1n) is 3.60. The third-order valence-corrected chi connectivity index (χ3v) is 1.87. The lowest BCUT2D eigenvalue weighted by Gasteiger charge is -2.10. The molecular weight excluding hydrogens is 237 g/mol. The molecule has 0 aliphatic heterocycles. The van der Waals surface area contributed by atoms with Gasteiger partial charge in [0.1, 0.15) is 4.99 Å². The first-order chi connectivity index (χ1) is 6.75. The van der Waals surface area contributed by atoms with Crippen LogP contribution in [-0.2, 0) is 6.18 Å². The van der Waals surface area contributed by atoms with Crippen molar-refractivity contribution < 1.29 is 22.0 Å². The van der Waals surface area contributed by atoms with Gasteiger partial charge in [-0.25, -0.2) is 8.78 Å². The minimum atomic E-state index is -4.94. The Hall–Kier alpha value is -1.24. The van der Waals surface area contributed by atoms with Gasteiger partial charge in [0.2, 0.25) is 0 Å². The topological polar surface area (TPSA) is 26.0 Å². The van der Waals surface area contributed by atoms with Crippen molar-refractivity contribution in [3.05, 3.63) is 34.9 Å². The lowest BCUT2D eigenvalue weighted by atomic mass is 10.1. The zero-order valence-electron chi connectivity index (χ0n) is 7.03. The molecular formula is C8H4F5NS. The predicted octanol–water partition coefficient (Wildman–Crippen LogP) is 2.62. The molecule has 1 rings (SSSR count). The van der Waals surface area contributed by atoms with E-state index in [2.05, 4.69) is 12.2 Å². The van der Waals surface area contributed by atoms with Crippen LogP contribution in [0.1, 0.15) is 11.1 Å². The van der Waals surface area contributed by atoms with Crippen LogP contribution in [0.5, 0.6) is 0 Å². The van der Waals surface area contributed by atoms with Crippen molar-refractivity contribution in [3.63, 3.8) is 0 Å². The summed E-state index contributed by atoms with van der Waals surface area (Å²) >= 11 is 4.34. The van der Waals surface area contributed by atoms with Gasteiger partial charge in [-0.05, 0) is 12.1 Å². The molecule has 0 unspecified atom stereocenters. The van der Waals surface area contributed by atoms with Gasteiger partial charge in [-0.15, -0.1) is 0 Å². The number of rotatable bonds is 1. The third-order valence-electron chi connectivity index (χ3n) is 1.65. The molecule has 1 aromatic carbocycles. The van der Waals surface area contributed by atoms with Crippen molar-refractivity contribution >= 4 is 17.2 Å². The SMILES string of the molecule is NC(=S)c1ccc(C(F)(F)F)c(F)c1F. The van der Waals surface area contributed by atoms with Crippen molar-refractivity contribution in [2.45, 2.75) is 6.18 Å². The van der Waals surface area contributed by atoms with Crippen molar-refractivity contribution in [2.24, 2.45) is 5.73 Å². The minimum absolute atomic E-state index is 0.396. The number of hydrogen-bond acceptors (Lipinski definition) is 1. The van der Waals surface area contributed by atoms with E-state index in [4.69, 9.17) is 5.73 Å². The van der Waals surface area contributed by atoms with E-state index < -0.39 is 33.9 Å². The molecule has 0 saturated heterocycles. The average Bonchev–Trinajstić information content (AvgIpc) is 2.06. The van der Waals surface area contributed by atoms with E-state index in [9.17, 15) is 22.0 Å². The van der Waals surface area contributed by atoms with Crippen molar-refractivity contribution in [1.82, 2.24) is 0 Å². The van der Waals surface area contributed by atoms with Crippen LogP contribution in [0.4, 0.5) is 22.0 Å². The molecule has 0 saturated carbocycles. The van der Waals surface area contributed by atoms with E-state index in [1.165, 1.54) is 0 Å². The van der Waals surface area contributed by atoms with E-state index >= 15 is 0 Å². The molecule has 0 radical (unpaired) electrons. The fourth-order valence-corrected chi connectivity index (χ4v) is 1.12. The Morgan fingerprint density at radius 1 is 1.13 bits per heavy atom. The summed E-state index contributed by atoms with van der Waals surface area (Å²) in [7, 11) is 0. The fraction of sp³-hybridized carbons (Fsp3) is 0.125. The van der Waals surface area contributed by atoms with Crippen LogP contribution in [0.15, 0.2) is 12.1 Å². The largest absolute Gasteiger partial charge is 0.419 e. The van der Waals surface area contributed by atoms with Crippen LogP contribution in [0, 0.1) is 11.6 Å². The summed E-state index contributed by atoms with van der Waals surface area (Å²) in [6.07, 6.45) is -4.94. The monoisotopic (exact) mass is 241 g/mol. The second kappa shape index (κ2) is 3.73. The molecule has 0 aliphatic carbocycles. The molecule has 1 nitrogen and oxygen atoms in total. The number of thiocarbonyl (C=S) groups is 1.